The van der Waals surface area contributed by atoms with Gasteiger partial charge in [-0.25, -0.2) is 0 Å². The van der Waals surface area contributed by atoms with Gasteiger partial charge in [-0.05, 0) is 37.1 Å². The van der Waals surface area contributed by atoms with Crippen LogP contribution in [0.5, 0.6) is 5.75 Å². The zero-order chi connectivity index (χ0) is 16.1. The smallest absolute Gasteiger partial charge is 0.255 e. The van der Waals surface area contributed by atoms with E-state index in [9.17, 15) is 4.79 Å². The van der Waals surface area contributed by atoms with Crippen molar-refractivity contribution in [2.45, 2.75) is 44.6 Å². The van der Waals surface area contributed by atoms with Crippen LogP contribution in [-0.4, -0.2) is 29.3 Å². The minimum Gasteiger partial charge on any atom is -0.497 e. The van der Waals surface area contributed by atoms with Gasteiger partial charge in [-0.1, -0.05) is 25.7 Å². The second-order valence-electron chi connectivity index (χ2n) is 6.05. The standard InChI is InChI=1S/C18H23N3O2/c1-23-15-10-8-13(9-11-15)17-16(12-19-21-17)18(22)20-14-6-4-2-3-5-7-14/h8-12,14H,2-7H2,1H3,(H,19,21)(H,20,22). The number of amides is 1. The van der Waals surface area contributed by atoms with Crippen molar-refractivity contribution in [1.29, 1.82) is 0 Å². The zero-order valence-electron chi connectivity index (χ0n) is 13.5. The van der Waals surface area contributed by atoms with Gasteiger partial charge in [0.05, 0.1) is 24.6 Å². The van der Waals surface area contributed by atoms with E-state index in [0.717, 1.165) is 29.8 Å². The van der Waals surface area contributed by atoms with E-state index >= 15 is 0 Å². The summed E-state index contributed by atoms with van der Waals surface area (Å²) in [7, 11) is 1.64. The Bertz CT molecular complexity index is 641. The van der Waals surface area contributed by atoms with Crippen LogP contribution in [0.2, 0.25) is 0 Å². The largest absolute Gasteiger partial charge is 0.497 e. The molecule has 1 aromatic carbocycles. The van der Waals surface area contributed by atoms with E-state index in [0.29, 0.717) is 5.56 Å². The summed E-state index contributed by atoms with van der Waals surface area (Å²) in [6.45, 7) is 0. The van der Waals surface area contributed by atoms with Gasteiger partial charge in [-0.3, -0.25) is 9.89 Å². The Balaban J connectivity index is 1.75. The van der Waals surface area contributed by atoms with Gasteiger partial charge in [0.2, 0.25) is 0 Å². The minimum atomic E-state index is -0.0449. The molecule has 1 saturated carbocycles. The SMILES string of the molecule is COc1ccc(-c2[nH]ncc2C(=O)NC2CCCCCC2)cc1. The number of H-pyrrole nitrogens is 1. The fourth-order valence-corrected chi connectivity index (χ4v) is 3.12. The average Bonchev–Trinajstić information content (AvgIpc) is 2.94. The second-order valence-corrected chi connectivity index (χ2v) is 6.05. The topological polar surface area (TPSA) is 67.0 Å². The number of carbonyl (C=O) groups excluding carboxylic acids is 1. The lowest BCUT2D eigenvalue weighted by Gasteiger charge is -2.16. The van der Waals surface area contributed by atoms with E-state index in [2.05, 4.69) is 15.5 Å². The molecule has 122 valence electrons. The normalized spacial score (nSPS) is 15.9. The van der Waals surface area contributed by atoms with Gasteiger partial charge in [0.15, 0.2) is 0 Å². The molecule has 0 saturated heterocycles. The number of benzene rings is 1. The van der Waals surface area contributed by atoms with Crippen LogP contribution in [0.3, 0.4) is 0 Å². The first kappa shape index (κ1) is 15.6. The molecule has 0 bridgehead atoms. The van der Waals surface area contributed by atoms with Crippen LogP contribution in [0.25, 0.3) is 11.3 Å². The monoisotopic (exact) mass is 313 g/mol. The summed E-state index contributed by atoms with van der Waals surface area (Å²) < 4.78 is 5.17. The van der Waals surface area contributed by atoms with Crippen LogP contribution in [-0.2, 0) is 0 Å². The number of methoxy groups -OCH3 is 1. The first-order chi connectivity index (χ1) is 11.3. The third kappa shape index (κ3) is 3.73. The molecule has 0 spiro atoms. The summed E-state index contributed by atoms with van der Waals surface area (Å²) in [4.78, 5) is 12.6. The summed E-state index contributed by atoms with van der Waals surface area (Å²) in [5, 5.41) is 10.2. The third-order valence-electron chi connectivity index (χ3n) is 4.45. The summed E-state index contributed by atoms with van der Waals surface area (Å²) in [5.74, 6) is 0.745. The van der Waals surface area contributed by atoms with E-state index in [1.54, 1.807) is 13.3 Å². The number of aromatic nitrogens is 2. The highest BCUT2D eigenvalue weighted by Gasteiger charge is 2.19. The van der Waals surface area contributed by atoms with E-state index < -0.39 is 0 Å². The fourth-order valence-electron chi connectivity index (χ4n) is 3.12. The molecule has 0 unspecified atom stereocenters. The molecule has 2 aromatic rings. The average molecular weight is 313 g/mol. The highest BCUT2D eigenvalue weighted by atomic mass is 16.5. The number of carbonyl (C=O) groups is 1. The van der Waals surface area contributed by atoms with Crippen LogP contribution in [0, 0.1) is 0 Å². The molecule has 0 atom stereocenters. The van der Waals surface area contributed by atoms with Crippen LogP contribution in [0.1, 0.15) is 48.9 Å². The Morgan fingerprint density at radius 2 is 1.87 bits per heavy atom. The Labute approximate surface area is 136 Å². The number of hydrogen-bond donors (Lipinski definition) is 2. The van der Waals surface area contributed by atoms with Crippen molar-refractivity contribution < 1.29 is 9.53 Å². The van der Waals surface area contributed by atoms with Crippen molar-refractivity contribution in [3.63, 3.8) is 0 Å². The molecule has 1 fully saturated rings. The van der Waals surface area contributed by atoms with Crippen molar-refractivity contribution in [2.75, 3.05) is 7.11 Å². The maximum atomic E-state index is 12.6. The molecular weight excluding hydrogens is 290 g/mol. The molecule has 3 rings (SSSR count). The molecule has 1 heterocycles. The van der Waals surface area contributed by atoms with Gasteiger partial charge in [-0.2, -0.15) is 5.10 Å². The molecule has 1 aromatic heterocycles. The summed E-state index contributed by atoms with van der Waals surface area (Å²) in [6.07, 6.45) is 8.68. The van der Waals surface area contributed by atoms with E-state index in [1.165, 1.54) is 25.7 Å². The van der Waals surface area contributed by atoms with Gasteiger partial charge in [0.1, 0.15) is 5.75 Å². The lowest BCUT2D eigenvalue weighted by atomic mass is 10.1. The zero-order valence-corrected chi connectivity index (χ0v) is 13.5. The Morgan fingerprint density at radius 1 is 1.17 bits per heavy atom. The predicted octanol–water partition coefficient (Wildman–Crippen LogP) is 3.54. The Morgan fingerprint density at radius 3 is 2.52 bits per heavy atom. The van der Waals surface area contributed by atoms with E-state index in [-0.39, 0.29) is 11.9 Å². The third-order valence-corrected chi connectivity index (χ3v) is 4.45. The molecule has 0 aliphatic heterocycles. The lowest BCUT2D eigenvalue weighted by molar-refractivity contribution is 0.0934. The number of aromatic amines is 1. The van der Waals surface area contributed by atoms with Crippen molar-refractivity contribution in [1.82, 2.24) is 15.5 Å². The van der Waals surface area contributed by atoms with Gasteiger partial charge in [0, 0.05) is 11.6 Å². The van der Waals surface area contributed by atoms with Crippen LogP contribution in [0.15, 0.2) is 30.5 Å². The lowest BCUT2D eigenvalue weighted by Crippen LogP contribution is -2.34. The number of nitrogens with zero attached hydrogens (tertiary/aromatic N) is 1. The maximum Gasteiger partial charge on any atom is 0.255 e. The van der Waals surface area contributed by atoms with Crippen molar-refractivity contribution in [3.05, 3.63) is 36.0 Å². The van der Waals surface area contributed by atoms with Crippen molar-refractivity contribution in [2.24, 2.45) is 0 Å². The first-order valence-corrected chi connectivity index (χ1v) is 8.26. The van der Waals surface area contributed by atoms with E-state index in [1.807, 2.05) is 24.3 Å². The molecule has 1 amide bonds. The van der Waals surface area contributed by atoms with Crippen molar-refractivity contribution >= 4 is 5.91 Å². The van der Waals surface area contributed by atoms with Gasteiger partial charge in [-0.15, -0.1) is 0 Å². The number of hydrogen-bond acceptors (Lipinski definition) is 3. The van der Waals surface area contributed by atoms with Crippen LogP contribution >= 0.6 is 0 Å². The Kier molecular flexibility index (Phi) is 4.95. The molecule has 5 heteroatoms. The van der Waals surface area contributed by atoms with Crippen LogP contribution < -0.4 is 10.1 Å². The highest BCUT2D eigenvalue weighted by Crippen LogP contribution is 2.24. The predicted molar refractivity (Wildman–Crippen MR) is 89.5 cm³/mol. The first-order valence-electron chi connectivity index (χ1n) is 8.26. The number of rotatable bonds is 4. The molecule has 1 aliphatic rings. The van der Waals surface area contributed by atoms with E-state index in [4.69, 9.17) is 4.74 Å². The van der Waals surface area contributed by atoms with Gasteiger partial charge in [0.25, 0.3) is 5.91 Å². The highest BCUT2D eigenvalue weighted by molar-refractivity contribution is 5.99. The molecule has 0 radical (unpaired) electrons. The maximum absolute atomic E-state index is 12.6. The summed E-state index contributed by atoms with van der Waals surface area (Å²) in [6, 6.07) is 7.89. The molecule has 2 N–H and O–H groups in total. The molecule has 5 nitrogen and oxygen atoms in total. The van der Waals surface area contributed by atoms with Gasteiger partial charge < -0.3 is 10.1 Å². The molecule has 23 heavy (non-hydrogen) atoms. The minimum absolute atomic E-state index is 0.0449. The molecule has 1 aliphatic carbocycles. The van der Waals surface area contributed by atoms with Gasteiger partial charge >= 0.3 is 0 Å². The second kappa shape index (κ2) is 7.31. The number of nitrogens with one attached hydrogen (secondary N) is 2. The van der Waals surface area contributed by atoms with Crippen molar-refractivity contribution in [3.8, 4) is 17.0 Å². The summed E-state index contributed by atoms with van der Waals surface area (Å²) >= 11 is 0. The quantitative estimate of drug-likeness (QED) is 0.848. The number of ether oxygens (including phenoxy) is 1. The molecular formula is C18H23N3O2. The fraction of sp³-hybridized carbons (Fsp3) is 0.444. The summed E-state index contributed by atoms with van der Waals surface area (Å²) in [5.41, 5.74) is 2.27. The van der Waals surface area contributed by atoms with Crippen LogP contribution in [0.4, 0.5) is 0 Å². The Hall–Kier alpha value is -2.30.